The number of ketones is 1. The highest BCUT2D eigenvalue weighted by Crippen LogP contribution is 2.39. The summed E-state index contributed by atoms with van der Waals surface area (Å²) in [6, 6.07) is 10.3. The quantitative estimate of drug-likeness (QED) is 0.617. The second kappa shape index (κ2) is 9.24. The number of ether oxygens (including phenoxy) is 1. The Morgan fingerprint density at radius 2 is 1.97 bits per heavy atom. The third-order valence-electron chi connectivity index (χ3n) is 4.88. The van der Waals surface area contributed by atoms with Gasteiger partial charge in [0.05, 0.1) is 43.7 Å². The first-order valence-corrected chi connectivity index (χ1v) is 10.7. The van der Waals surface area contributed by atoms with Crippen LogP contribution in [0, 0.1) is 0 Å². The van der Waals surface area contributed by atoms with Gasteiger partial charge in [-0.15, -0.1) is 11.3 Å². The molecule has 0 fully saturated rings. The zero-order valence-electron chi connectivity index (χ0n) is 17.0. The number of nitrogens with zero attached hydrogens (tertiary/aromatic N) is 1. The topological polar surface area (TPSA) is 71.3 Å². The Hall–Kier alpha value is -2.64. The van der Waals surface area contributed by atoms with Crippen LogP contribution in [-0.2, 0) is 4.79 Å². The fraction of sp³-hybridized carbons (Fsp3) is 0.364. The highest BCUT2D eigenvalue weighted by molar-refractivity contribution is 7.12. The summed E-state index contributed by atoms with van der Waals surface area (Å²) in [5.41, 5.74) is 0.932. The lowest BCUT2D eigenvalue weighted by Crippen LogP contribution is -3.05. The van der Waals surface area contributed by atoms with E-state index in [1.54, 1.807) is 17.0 Å². The molecule has 2 N–H and O–H groups in total. The molecule has 1 aromatic heterocycles. The lowest BCUT2D eigenvalue weighted by atomic mass is 9.95. The SMILES string of the molecule is CCOc1ccc([C@@H]2C(C(=O)c3cccs3)=C(O)C(=O)N2CCC[NH+](C)C)cc1. The van der Waals surface area contributed by atoms with E-state index in [0.29, 0.717) is 18.0 Å². The maximum absolute atomic E-state index is 13.1. The van der Waals surface area contributed by atoms with E-state index in [1.165, 1.54) is 16.2 Å². The Bertz CT molecular complexity index is 888. The summed E-state index contributed by atoms with van der Waals surface area (Å²) in [5, 5.41) is 12.4. The smallest absolute Gasteiger partial charge is 0.290 e. The number of nitrogens with one attached hydrogen (secondary N) is 1. The Morgan fingerprint density at radius 3 is 2.55 bits per heavy atom. The molecule has 7 heteroatoms. The fourth-order valence-corrected chi connectivity index (χ4v) is 4.20. The molecule has 29 heavy (non-hydrogen) atoms. The number of rotatable bonds is 9. The van der Waals surface area contributed by atoms with Gasteiger partial charge in [-0.1, -0.05) is 18.2 Å². The van der Waals surface area contributed by atoms with Gasteiger partial charge in [0.15, 0.2) is 5.76 Å². The van der Waals surface area contributed by atoms with Gasteiger partial charge in [0.1, 0.15) is 5.75 Å². The molecule has 0 aliphatic carbocycles. The molecule has 0 saturated heterocycles. The van der Waals surface area contributed by atoms with Crippen LogP contribution in [0.15, 0.2) is 53.1 Å². The van der Waals surface area contributed by atoms with Gasteiger partial charge in [0.2, 0.25) is 5.78 Å². The number of hydrogen-bond donors (Lipinski definition) is 2. The number of amides is 1. The molecule has 0 bridgehead atoms. The van der Waals surface area contributed by atoms with E-state index in [4.69, 9.17) is 4.74 Å². The third kappa shape index (κ3) is 4.52. The minimum absolute atomic E-state index is 0.152. The lowest BCUT2D eigenvalue weighted by molar-refractivity contribution is -0.858. The van der Waals surface area contributed by atoms with Gasteiger partial charge < -0.3 is 19.6 Å². The zero-order chi connectivity index (χ0) is 21.0. The minimum atomic E-state index is -0.607. The van der Waals surface area contributed by atoms with Crippen molar-refractivity contribution in [2.45, 2.75) is 19.4 Å². The summed E-state index contributed by atoms with van der Waals surface area (Å²) < 4.78 is 5.51. The van der Waals surface area contributed by atoms with Crippen LogP contribution in [0.5, 0.6) is 5.75 Å². The molecule has 1 aromatic carbocycles. The molecule has 6 nitrogen and oxygen atoms in total. The van der Waals surface area contributed by atoms with Crippen molar-refractivity contribution in [2.24, 2.45) is 0 Å². The molecular weight excluding hydrogens is 388 g/mol. The normalized spacial score (nSPS) is 16.8. The van der Waals surface area contributed by atoms with E-state index < -0.39 is 17.7 Å². The molecule has 1 amide bonds. The van der Waals surface area contributed by atoms with Crippen molar-refractivity contribution in [2.75, 3.05) is 33.8 Å². The first kappa shape index (κ1) is 21.1. The number of aliphatic hydroxyl groups excluding tert-OH is 1. The number of carbonyl (C=O) groups excluding carboxylic acids is 2. The molecular formula is C22H27N2O4S+. The van der Waals surface area contributed by atoms with Crippen molar-refractivity contribution in [1.29, 1.82) is 0 Å². The van der Waals surface area contributed by atoms with Gasteiger partial charge in [-0.05, 0) is 36.1 Å². The van der Waals surface area contributed by atoms with E-state index in [1.807, 2.05) is 36.6 Å². The predicted octanol–water partition coefficient (Wildman–Crippen LogP) is 2.26. The maximum Gasteiger partial charge on any atom is 0.290 e. The van der Waals surface area contributed by atoms with E-state index in [-0.39, 0.29) is 11.4 Å². The lowest BCUT2D eigenvalue weighted by Gasteiger charge is -2.27. The highest BCUT2D eigenvalue weighted by atomic mass is 32.1. The Labute approximate surface area is 175 Å². The van der Waals surface area contributed by atoms with Crippen molar-refractivity contribution in [3.05, 3.63) is 63.6 Å². The van der Waals surface area contributed by atoms with Crippen molar-refractivity contribution in [1.82, 2.24) is 4.90 Å². The molecule has 1 aliphatic rings. The zero-order valence-corrected chi connectivity index (χ0v) is 17.8. The highest BCUT2D eigenvalue weighted by Gasteiger charge is 2.43. The first-order chi connectivity index (χ1) is 13.9. The molecule has 0 saturated carbocycles. The number of Topliss-reactive ketones (excluding diaryl/α,β-unsaturated/α-hetero) is 1. The standard InChI is InChI=1S/C22H26N2O4S/c1-4-28-16-10-8-15(9-11-16)19-18(20(25)17-7-5-14-29-17)21(26)22(27)24(19)13-6-12-23(2)3/h5,7-11,14,19,26H,4,6,12-13H2,1-3H3/p+1/t19-/m1/s1. The number of thiophene rings is 1. The van der Waals surface area contributed by atoms with Gasteiger partial charge in [-0.25, -0.2) is 0 Å². The molecule has 1 aliphatic heterocycles. The van der Waals surface area contributed by atoms with Crippen molar-refractivity contribution >= 4 is 23.0 Å². The number of carbonyl (C=O) groups is 2. The Morgan fingerprint density at radius 1 is 1.24 bits per heavy atom. The largest absolute Gasteiger partial charge is 0.503 e. The van der Waals surface area contributed by atoms with Crippen LogP contribution in [0.4, 0.5) is 0 Å². The summed E-state index contributed by atoms with van der Waals surface area (Å²) in [6.45, 7) is 3.82. The van der Waals surface area contributed by atoms with Gasteiger partial charge >= 0.3 is 0 Å². The van der Waals surface area contributed by atoms with E-state index in [9.17, 15) is 14.7 Å². The molecule has 2 heterocycles. The summed E-state index contributed by atoms with van der Waals surface area (Å²) in [7, 11) is 4.11. The van der Waals surface area contributed by atoms with E-state index >= 15 is 0 Å². The van der Waals surface area contributed by atoms with Crippen LogP contribution in [-0.4, -0.2) is 55.5 Å². The van der Waals surface area contributed by atoms with Gasteiger partial charge in [0, 0.05) is 13.0 Å². The molecule has 0 unspecified atom stereocenters. The van der Waals surface area contributed by atoms with Crippen LogP contribution >= 0.6 is 11.3 Å². The molecule has 0 radical (unpaired) electrons. The van der Waals surface area contributed by atoms with Crippen LogP contribution in [0.1, 0.15) is 34.6 Å². The molecule has 1 atom stereocenters. The van der Waals surface area contributed by atoms with Crippen molar-refractivity contribution in [3.8, 4) is 5.75 Å². The molecule has 3 rings (SSSR count). The number of aliphatic hydroxyl groups is 1. The van der Waals surface area contributed by atoms with Crippen LogP contribution in [0.2, 0.25) is 0 Å². The number of hydrogen-bond acceptors (Lipinski definition) is 5. The Balaban J connectivity index is 1.97. The average molecular weight is 416 g/mol. The monoisotopic (exact) mass is 415 g/mol. The Kier molecular flexibility index (Phi) is 6.71. The van der Waals surface area contributed by atoms with Crippen molar-refractivity contribution in [3.63, 3.8) is 0 Å². The van der Waals surface area contributed by atoms with E-state index in [0.717, 1.165) is 24.3 Å². The number of quaternary nitrogens is 1. The fourth-order valence-electron chi connectivity index (χ4n) is 3.52. The average Bonchev–Trinajstić information content (AvgIpc) is 3.31. The van der Waals surface area contributed by atoms with Gasteiger partial charge in [0.25, 0.3) is 5.91 Å². The maximum atomic E-state index is 13.1. The first-order valence-electron chi connectivity index (χ1n) is 9.78. The molecule has 154 valence electrons. The van der Waals surface area contributed by atoms with Crippen LogP contribution in [0.25, 0.3) is 0 Å². The van der Waals surface area contributed by atoms with Crippen LogP contribution < -0.4 is 9.64 Å². The third-order valence-corrected chi connectivity index (χ3v) is 5.74. The summed E-state index contributed by atoms with van der Waals surface area (Å²) in [5.74, 6) is -0.509. The minimum Gasteiger partial charge on any atom is -0.503 e. The number of benzene rings is 1. The summed E-state index contributed by atoms with van der Waals surface area (Å²) >= 11 is 1.30. The second-order valence-corrected chi connectivity index (χ2v) is 8.23. The summed E-state index contributed by atoms with van der Waals surface area (Å²) in [6.07, 6.45) is 0.773. The van der Waals surface area contributed by atoms with E-state index in [2.05, 4.69) is 14.1 Å². The van der Waals surface area contributed by atoms with Crippen LogP contribution in [0.3, 0.4) is 0 Å². The molecule has 2 aromatic rings. The van der Waals surface area contributed by atoms with Crippen molar-refractivity contribution < 1.29 is 24.3 Å². The predicted molar refractivity (Wildman–Crippen MR) is 113 cm³/mol. The molecule has 0 spiro atoms. The second-order valence-electron chi connectivity index (χ2n) is 7.28. The summed E-state index contributed by atoms with van der Waals surface area (Å²) in [4.78, 5) is 29.4. The van der Waals surface area contributed by atoms with Gasteiger partial charge in [-0.2, -0.15) is 0 Å². The van der Waals surface area contributed by atoms with Gasteiger partial charge in [-0.3, -0.25) is 9.59 Å².